The molecule has 2 fully saturated rings. The van der Waals surface area contributed by atoms with Crippen LogP contribution in [0.5, 0.6) is 0 Å². The summed E-state index contributed by atoms with van der Waals surface area (Å²) in [6, 6.07) is 24.8. The molecule has 2 saturated heterocycles. The van der Waals surface area contributed by atoms with Crippen molar-refractivity contribution < 1.29 is 41.5 Å². The fourth-order valence-electron chi connectivity index (χ4n) is 7.10. The van der Waals surface area contributed by atoms with Crippen LogP contribution in [0.15, 0.2) is 97.1 Å². The van der Waals surface area contributed by atoms with Crippen molar-refractivity contribution in [2.45, 2.75) is 33.4 Å². The van der Waals surface area contributed by atoms with E-state index in [-0.39, 0.29) is 48.9 Å². The first-order valence-electron chi connectivity index (χ1n) is 20.9. The van der Waals surface area contributed by atoms with Crippen molar-refractivity contribution in [2.75, 3.05) is 88.3 Å². The topological polar surface area (TPSA) is 143 Å². The number of carbonyl (C=O) groups excluding carboxylic acids is 5. The van der Waals surface area contributed by atoms with E-state index in [0.29, 0.717) is 48.7 Å². The van der Waals surface area contributed by atoms with Crippen LogP contribution in [0.2, 0.25) is 0 Å². The minimum Gasteiger partial charge on any atom is -0.344 e. The molecule has 0 atom stereocenters. The zero-order valence-electron chi connectivity index (χ0n) is 35.5. The Labute approximate surface area is 365 Å². The second-order valence-electron chi connectivity index (χ2n) is 15.0. The Kier molecular flexibility index (Phi) is 17.7. The molecule has 0 radical (unpaired) electrons. The van der Waals surface area contributed by atoms with Crippen LogP contribution in [0.4, 0.5) is 38.5 Å². The van der Waals surface area contributed by atoms with Gasteiger partial charge in [0.1, 0.15) is 11.6 Å². The van der Waals surface area contributed by atoms with E-state index in [4.69, 9.17) is 5.73 Å². The normalized spacial score (nSPS) is 14.4. The lowest BCUT2D eigenvalue weighted by Gasteiger charge is -2.37. The number of carbonyl (C=O) groups is 5. The van der Waals surface area contributed by atoms with Crippen molar-refractivity contribution in [3.8, 4) is 0 Å². The summed E-state index contributed by atoms with van der Waals surface area (Å²) in [4.78, 5) is 72.6. The highest BCUT2D eigenvalue weighted by atomic mass is 19.3. The van der Waals surface area contributed by atoms with Gasteiger partial charge in [0, 0.05) is 74.9 Å². The SMILES string of the molecule is CCN1CCN(C(=O)N(Cc2ccc(C(=O)CN)cc2)c2cccc(F)c2)CC1.CCN1CCN(C(=O)N(Cc2ccc(C(=O)CNC(=O)C(F)F)cc2)c2cccc(F)c2)CC1. The molecule has 0 aliphatic carbocycles. The van der Waals surface area contributed by atoms with E-state index in [1.54, 1.807) is 64.4 Å². The van der Waals surface area contributed by atoms with Gasteiger partial charge in [0.2, 0.25) is 0 Å². The number of Topliss-reactive ketones (excluding diaryl/α,β-unsaturated/α-hetero) is 2. The molecule has 2 heterocycles. The number of rotatable bonds is 14. The molecule has 0 bridgehead atoms. The maximum atomic E-state index is 13.9. The number of amides is 5. The van der Waals surface area contributed by atoms with E-state index in [2.05, 4.69) is 23.6 Å². The number of alkyl halides is 2. The zero-order chi connectivity index (χ0) is 45.5. The molecule has 63 heavy (non-hydrogen) atoms. The number of benzene rings is 4. The number of nitrogens with one attached hydrogen (secondary N) is 1. The number of ketones is 2. The summed E-state index contributed by atoms with van der Waals surface area (Å²) in [5.74, 6) is -3.01. The second-order valence-corrected chi connectivity index (χ2v) is 15.0. The maximum absolute atomic E-state index is 13.9. The highest BCUT2D eigenvalue weighted by Crippen LogP contribution is 2.23. The minimum atomic E-state index is -3.19. The quantitative estimate of drug-likeness (QED) is 0.118. The summed E-state index contributed by atoms with van der Waals surface area (Å²) in [6.45, 7) is 11.5. The first-order valence-corrected chi connectivity index (χ1v) is 20.9. The Morgan fingerprint density at radius 2 is 1.00 bits per heavy atom. The van der Waals surface area contributed by atoms with E-state index in [1.807, 2.05) is 10.2 Å². The van der Waals surface area contributed by atoms with Crippen LogP contribution in [0.3, 0.4) is 0 Å². The molecule has 336 valence electrons. The lowest BCUT2D eigenvalue weighted by atomic mass is 10.1. The van der Waals surface area contributed by atoms with Crippen molar-refractivity contribution in [3.63, 3.8) is 0 Å². The Morgan fingerprint density at radius 3 is 1.35 bits per heavy atom. The van der Waals surface area contributed by atoms with Crippen molar-refractivity contribution in [3.05, 3.63) is 131 Å². The maximum Gasteiger partial charge on any atom is 0.324 e. The molecule has 13 nitrogen and oxygen atoms in total. The summed E-state index contributed by atoms with van der Waals surface area (Å²) >= 11 is 0. The monoisotopic (exact) mass is 874 g/mol. The molecule has 6 rings (SSSR count). The van der Waals surface area contributed by atoms with Gasteiger partial charge >= 0.3 is 18.5 Å². The standard InChI is InChI=1S/C24H27F3N4O3.C22H27FN4O2/c1-2-29-10-12-30(13-11-29)24(34)31(20-5-3-4-19(25)14-20)16-17-6-8-18(9-7-17)21(32)15-28-23(33)22(26)27;1-2-25-10-12-26(13-11-25)22(29)27(20-5-3-4-19(23)14-20)16-17-6-8-18(9-7-17)21(28)15-24/h3-9,14,22H,2,10-13,15-16H2,1H3,(H,28,33);3-9,14H,2,10-13,15-16,24H2,1H3. The first kappa shape index (κ1) is 47.9. The van der Waals surface area contributed by atoms with Crippen molar-refractivity contribution >= 4 is 40.9 Å². The van der Waals surface area contributed by atoms with Gasteiger partial charge in [-0.2, -0.15) is 8.78 Å². The largest absolute Gasteiger partial charge is 0.344 e. The van der Waals surface area contributed by atoms with E-state index >= 15 is 0 Å². The summed E-state index contributed by atoms with van der Waals surface area (Å²) in [5, 5.41) is 1.88. The fraction of sp³-hybridized carbons (Fsp3) is 0.370. The molecule has 0 saturated carbocycles. The van der Waals surface area contributed by atoms with Gasteiger partial charge in [0.15, 0.2) is 11.6 Å². The summed E-state index contributed by atoms with van der Waals surface area (Å²) in [7, 11) is 0. The van der Waals surface area contributed by atoms with Gasteiger partial charge in [-0.3, -0.25) is 24.2 Å². The fourth-order valence-corrected chi connectivity index (χ4v) is 7.10. The minimum absolute atomic E-state index is 0.0447. The molecule has 3 N–H and O–H groups in total. The number of hydrogen-bond acceptors (Lipinski definition) is 8. The van der Waals surface area contributed by atoms with Crippen molar-refractivity contribution in [1.29, 1.82) is 0 Å². The highest BCUT2D eigenvalue weighted by molar-refractivity contribution is 6.00. The van der Waals surface area contributed by atoms with Crippen LogP contribution in [0.1, 0.15) is 45.7 Å². The van der Waals surface area contributed by atoms with Crippen molar-refractivity contribution in [2.24, 2.45) is 5.73 Å². The smallest absolute Gasteiger partial charge is 0.324 e. The summed E-state index contributed by atoms with van der Waals surface area (Å²) < 4.78 is 52.3. The Morgan fingerprint density at radius 1 is 0.603 bits per heavy atom. The van der Waals surface area contributed by atoms with Gasteiger partial charge in [0.05, 0.1) is 26.2 Å². The number of anilines is 2. The molecule has 17 heteroatoms. The molecule has 2 aliphatic heterocycles. The number of likely N-dealkylation sites (N-methyl/N-ethyl adjacent to an activating group) is 2. The number of hydrogen-bond donors (Lipinski definition) is 2. The number of piperazine rings is 2. The molecule has 0 unspecified atom stereocenters. The van der Waals surface area contributed by atoms with Crippen LogP contribution in [0, 0.1) is 11.6 Å². The molecule has 4 aromatic rings. The van der Waals surface area contributed by atoms with Crippen LogP contribution in [0.25, 0.3) is 0 Å². The third-order valence-corrected chi connectivity index (χ3v) is 10.9. The van der Waals surface area contributed by atoms with Crippen LogP contribution >= 0.6 is 0 Å². The summed E-state index contributed by atoms with van der Waals surface area (Å²) in [5.41, 5.74) is 8.65. The molecule has 0 spiro atoms. The Balaban J connectivity index is 0.000000240. The predicted molar refractivity (Wildman–Crippen MR) is 233 cm³/mol. The molecule has 5 amide bonds. The first-order chi connectivity index (χ1) is 30.3. The third kappa shape index (κ3) is 13.7. The van der Waals surface area contributed by atoms with Gasteiger partial charge in [0.25, 0.3) is 5.91 Å². The molecular weight excluding hydrogens is 821 g/mol. The molecule has 0 aromatic heterocycles. The van der Waals surface area contributed by atoms with E-state index in [1.165, 1.54) is 47.4 Å². The van der Waals surface area contributed by atoms with Crippen LogP contribution in [-0.2, 0) is 17.9 Å². The van der Waals surface area contributed by atoms with Crippen LogP contribution in [-0.4, -0.2) is 134 Å². The van der Waals surface area contributed by atoms with E-state index in [0.717, 1.165) is 44.8 Å². The highest BCUT2D eigenvalue weighted by Gasteiger charge is 2.28. The number of nitrogens with zero attached hydrogens (tertiary/aromatic N) is 6. The third-order valence-electron chi connectivity index (χ3n) is 10.9. The number of nitrogens with two attached hydrogens (primary N) is 1. The second kappa shape index (κ2) is 23.3. The van der Waals surface area contributed by atoms with Crippen LogP contribution < -0.4 is 20.9 Å². The number of halogens is 4. The van der Waals surface area contributed by atoms with E-state index < -0.39 is 30.5 Å². The number of urea groups is 2. The van der Waals surface area contributed by atoms with Gasteiger partial charge in [-0.25, -0.2) is 18.4 Å². The van der Waals surface area contributed by atoms with Gasteiger partial charge in [-0.1, -0.05) is 74.5 Å². The van der Waals surface area contributed by atoms with Gasteiger partial charge in [-0.05, 0) is 60.6 Å². The Bertz CT molecular complexity index is 2160. The predicted octanol–water partition coefficient (Wildman–Crippen LogP) is 5.89. The van der Waals surface area contributed by atoms with Gasteiger partial charge in [-0.15, -0.1) is 0 Å². The average Bonchev–Trinajstić information content (AvgIpc) is 3.31. The lowest BCUT2D eigenvalue weighted by Crippen LogP contribution is -2.52. The molecule has 2 aliphatic rings. The summed E-state index contributed by atoms with van der Waals surface area (Å²) in [6.07, 6.45) is -3.19. The average molecular weight is 875 g/mol. The van der Waals surface area contributed by atoms with Crippen molar-refractivity contribution in [1.82, 2.24) is 24.9 Å². The zero-order valence-corrected chi connectivity index (χ0v) is 35.5. The lowest BCUT2D eigenvalue weighted by molar-refractivity contribution is -0.131. The Hall–Kier alpha value is -6.17. The molecular formula is C46H54F4N8O5. The molecule has 4 aromatic carbocycles. The van der Waals surface area contributed by atoms with E-state index in [9.17, 15) is 41.5 Å². The van der Waals surface area contributed by atoms with Gasteiger partial charge < -0.3 is 30.7 Å².